The van der Waals surface area contributed by atoms with Gasteiger partial charge in [-0.05, 0) is 38.5 Å². The summed E-state index contributed by atoms with van der Waals surface area (Å²) >= 11 is 0. The van der Waals surface area contributed by atoms with E-state index in [9.17, 15) is 13.6 Å². The first kappa shape index (κ1) is 16.6. The molecule has 1 heterocycles. The highest BCUT2D eigenvalue weighted by Gasteiger charge is 2.33. The summed E-state index contributed by atoms with van der Waals surface area (Å²) < 4.78 is 31.1. The molecule has 2 aliphatic rings. The Morgan fingerprint density at radius 3 is 2.52 bits per heavy atom. The van der Waals surface area contributed by atoms with Crippen LogP contribution < -0.4 is 5.73 Å². The van der Waals surface area contributed by atoms with Crippen molar-refractivity contribution in [2.75, 3.05) is 13.2 Å². The van der Waals surface area contributed by atoms with Crippen LogP contribution in [0.4, 0.5) is 8.78 Å². The van der Waals surface area contributed by atoms with Crippen LogP contribution in [-0.2, 0) is 9.53 Å². The van der Waals surface area contributed by atoms with Crippen molar-refractivity contribution < 1.29 is 18.3 Å². The summed E-state index contributed by atoms with van der Waals surface area (Å²) in [6.45, 7) is 2.71. The van der Waals surface area contributed by atoms with Crippen molar-refractivity contribution in [1.29, 1.82) is 0 Å². The number of carbonyl (C=O) groups is 1. The van der Waals surface area contributed by atoms with Crippen LogP contribution in [0, 0.1) is 5.92 Å². The van der Waals surface area contributed by atoms with E-state index in [1.165, 1.54) is 0 Å². The number of hydrogen-bond acceptors (Lipinski definition) is 3. The molecule has 4 nitrogen and oxygen atoms in total. The quantitative estimate of drug-likeness (QED) is 0.866. The van der Waals surface area contributed by atoms with Crippen LogP contribution in [0.1, 0.15) is 45.4 Å². The molecule has 122 valence electrons. The van der Waals surface area contributed by atoms with Crippen LogP contribution in [0.5, 0.6) is 0 Å². The first-order valence-corrected chi connectivity index (χ1v) is 7.91. The predicted molar refractivity (Wildman–Crippen MR) is 76.1 cm³/mol. The summed E-state index contributed by atoms with van der Waals surface area (Å²) in [7, 11) is 0. The molecule has 0 aromatic carbocycles. The summed E-state index contributed by atoms with van der Waals surface area (Å²) in [5.41, 5.74) is 6.11. The van der Waals surface area contributed by atoms with Gasteiger partial charge in [0.05, 0.1) is 18.8 Å². The number of hydrogen-bond donors (Lipinski definition) is 1. The molecule has 1 aliphatic carbocycles. The number of carbonyl (C=O) groups excluding carboxylic acids is 1. The van der Waals surface area contributed by atoms with E-state index >= 15 is 0 Å². The number of nitrogens with zero attached hydrogens (tertiary/aromatic N) is 1. The van der Waals surface area contributed by atoms with Crippen molar-refractivity contribution >= 4 is 5.91 Å². The number of nitrogens with two attached hydrogens (primary N) is 1. The van der Waals surface area contributed by atoms with Crippen molar-refractivity contribution in [1.82, 2.24) is 4.90 Å². The second-order valence-corrected chi connectivity index (χ2v) is 6.29. The van der Waals surface area contributed by atoms with Gasteiger partial charge in [0.2, 0.25) is 12.3 Å². The van der Waals surface area contributed by atoms with Gasteiger partial charge in [0, 0.05) is 25.4 Å². The third-order valence-corrected chi connectivity index (χ3v) is 4.81. The third kappa shape index (κ3) is 4.36. The SMILES string of the molecule is CC(=O)N1CCC[C@H](N)[C@@H]1COC1CCC(C(F)F)CC1. The van der Waals surface area contributed by atoms with Crippen molar-refractivity contribution in [2.45, 2.75) is 70.1 Å². The Hall–Kier alpha value is -0.750. The van der Waals surface area contributed by atoms with Crippen LogP contribution in [0.3, 0.4) is 0 Å². The Bertz CT molecular complexity index is 347. The number of rotatable bonds is 4. The van der Waals surface area contributed by atoms with Gasteiger partial charge >= 0.3 is 0 Å². The van der Waals surface area contributed by atoms with Gasteiger partial charge in [0.25, 0.3) is 0 Å². The molecule has 1 saturated carbocycles. The zero-order chi connectivity index (χ0) is 15.4. The molecular formula is C15H26F2N2O2. The second-order valence-electron chi connectivity index (χ2n) is 6.29. The molecule has 1 amide bonds. The molecule has 1 aliphatic heterocycles. The van der Waals surface area contributed by atoms with Gasteiger partial charge in [-0.1, -0.05) is 0 Å². The number of piperidine rings is 1. The fourth-order valence-electron chi connectivity index (χ4n) is 3.43. The van der Waals surface area contributed by atoms with Crippen molar-refractivity contribution in [2.24, 2.45) is 11.7 Å². The lowest BCUT2D eigenvalue weighted by Crippen LogP contribution is -2.56. The molecule has 0 bridgehead atoms. The molecule has 0 radical (unpaired) electrons. The number of ether oxygens (including phenoxy) is 1. The molecule has 6 heteroatoms. The minimum absolute atomic E-state index is 0.0279. The van der Waals surface area contributed by atoms with Crippen LogP contribution in [0.2, 0.25) is 0 Å². The van der Waals surface area contributed by atoms with Gasteiger partial charge in [0.1, 0.15) is 0 Å². The van der Waals surface area contributed by atoms with Crippen LogP contribution in [0.25, 0.3) is 0 Å². The molecule has 2 rings (SSSR count). The lowest BCUT2D eigenvalue weighted by molar-refractivity contribution is -0.136. The maximum atomic E-state index is 12.6. The summed E-state index contributed by atoms with van der Waals surface area (Å²) in [5, 5.41) is 0. The van der Waals surface area contributed by atoms with Crippen LogP contribution in [-0.4, -0.2) is 48.6 Å². The van der Waals surface area contributed by atoms with E-state index in [0.29, 0.717) is 32.3 Å². The Morgan fingerprint density at radius 2 is 1.95 bits per heavy atom. The van der Waals surface area contributed by atoms with Gasteiger partial charge in [-0.15, -0.1) is 0 Å². The molecule has 2 N–H and O–H groups in total. The predicted octanol–water partition coefficient (Wildman–Crippen LogP) is 2.17. The minimum Gasteiger partial charge on any atom is -0.376 e. The van der Waals surface area contributed by atoms with Gasteiger partial charge in [-0.25, -0.2) is 8.78 Å². The molecule has 21 heavy (non-hydrogen) atoms. The summed E-state index contributed by atoms with van der Waals surface area (Å²) in [4.78, 5) is 13.4. The van der Waals surface area contributed by atoms with E-state index in [4.69, 9.17) is 10.5 Å². The summed E-state index contributed by atoms with van der Waals surface area (Å²) in [5.74, 6) is -0.448. The van der Waals surface area contributed by atoms with E-state index in [0.717, 1.165) is 19.4 Å². The number of alkyl halides is 2. The molecule has 0 unspecified atom stereocenters. The van der Waals surface area contributed by atoms with Crippen LogP contribution >= 0.6 is 0 Å². The first-order chi connectivity index (χ1) is 9.99. The molecular weight excluding hydrogens is 278 g/mol. The zero-order valence-electron chi connectivity index (χ0n) is 12.6. The third-order valence-electron chi connectivity index (χ3n) is 4.81. The van der Waals surface area contributed by atoms with Gasteiger partial charge in [-0.2, -0.15) is 0 Å². The average molecular weight is 304 g/mol. The Balaban J connectivity index is 1.80. The lowest BCUT2D eigenvalue weighted by Gasteiger charge is -2.40. The second kappa shape index (κ2) is 7.49. The molecule has 2 atom stereocenters. The molecule has 0 aromatic rings. The highest BCUT2D eigenvalue weighted by Crippen LogP contribution is 2.31. The van der Waals surface area contributed by atoms with Crippen molar-refractivity contribution in [3.05, 3.63) is 0 Å². The largest absolute Gasteiger partial charge is 0.376 e. The highest BCUT2D eigenvalue weighted by atomic mass is 19.3. The lowest BCUT2D eigenvalue weighted by atomic mass is 9.87. The number of halogens is 2. The van der Waals surface area contributed by atoms with E-state index in [2.05, 4.69) is 0 Å². The smallest absolute Gasteiger partial charge is 0.241 e. The fourth-order valence-corrected chi connectivity index (χ4v) is 3.43. The normalized spacial score (nSPS) is 34.2. The van der Waals surface area contributed by atoms with Crippen molar-refractivity contribution in [3.8, 4) is 0 Å². The maximum Gasteiger partial charge on any atom is 0.241 e. The van der Waals surface area contributed by atoms with Gasteiger partial charge in [0.15, 0.2) is 0 Å². The van der Waals surface area contributed by atoms with Crippen LogP contribution in [0.15, 0.2) is 0 Å². The summed E-state index contributed by atoms with van der Waals surface area (Å²) in [6, 6.07) is -0.135. The maximum absolute atomic E-state index is 12.6. The first-order valence-electron chi connectivity index (χ1n) is 7.91. The van der Waals surface area contributed by atoms with E-state index in [1.54, 1.807) is 11.8 Å². The monoisotopic (exact) mass is 304 g/mol. The molecule has 0 spiro atoms. The fraction of sp³-hybridized carbons (Fsp3) is 0.933. The minimum atomic E-state index is -2.22. The summed E-state index contributed by atoms with van der Waals surface area (Å²) in [6.07, 6.45) is 2.04. The van der Waals surface area contributed by atoms with Gasteiger partial charge < -0.3 is 15.4 Å². The number of amides is 1. The van der Waals surface area contributed by atoms with E-state index < -0.39 is 12.3 Å². The topological polar surface area (TPSA) is 55.6 Å². The van der Waals surface area contributed by atoms with Gasteiger partial charge in [-0.3, -0.25) is 4.79 Å². The zero-order valence-corrected chi connectivity index (χ0v) is 12.6. The Kier molecular flexibility index (Phi) is 5.93. The Labute approximate surface area is 125 Å². The Morgan fingerprint density at radius 1 is 1.29 bits per heavy atom. The molecule has 1 saturated heterocycles. The molecule has 0 aromatic heterocycles. The van der Waals surface area contributed by atoms with Crippen molar-refractivity contribution in [3.63, 3.8) is 0 Å². The van der Waals surface area contributed by atoms with E-state index in [-0.39, 0.29) is 24.1 Å². The van der Waals surface area contributed by atoms with E-state index in [1.807, 2.05) is 0 Å². The average Bonchev–Trinajstić information content (AvgIpc) is 2.46. The highest BCUT2D eigenvalue weighted by molar-refractivity contribution is 5.73. The number of likely N-dealkylation sites (tertiary alicyclic amines) is 1. The standard InChI is InChI=1S/C15H26F2N2O2/c1-10(20)19-8-2-3-13(18)14(19)9-21-12-6-4-11(5-7-12)15(16)17/h11-15H,2-9,18H2,1H3/t11?,12?,13-,14-/m0/s1. The molecule has 2 fully saturated rings.